The number of phenolic OH excluding ortho intramolecular Hbond substituents is 1. The molecular formula is C16H13F2NO2. The van der Waals surface area contributed by atoms with Crippen molar-refractivity contribution in [2.45, 2.75) is 12.8 Å². The van der Waals surface area contributed by atoms with Gasteiger partial charge < -0.3 is 10.0 Å². The molecule has 1 heterocycles. The lowest BCUT2D eigenvalue weighted by Crippen LogP contribution is -2.35. The first-order chi connectivity index (χ1) is 10.1. The second-order valence-electron chi connectivity index (χ2n) is 4.97. The van der Waals surface area contributed by atoms with Crippen LogP contribution in [-0.2, 0) is 6.42 Å². The van der Waals surface area contributed by atoms with Crippen LogP contribution in [0.3, 0.4) is 0 Å². The van der Waals surface area contributed by atoms with E-state index >= 15 is 0 Å². The summed E-state index contributed by atoms with van der Waals surface area (Å²) in [5.41, 5.74) is 1.39. The van der Waals surface area contributed by atoms with E-state index in [0.29, 0.717) is 12.2 Å². The molecule has 5 heteroatoms. The predicted molar refractivity (Wildman–Crippen MR) is 74.5 cm³/mol. The molecule has 2 aromatic carbocycles. The highest BCUT2D eigenvalue weighted by Gasteiger charge is 2.26. The number of halogens is 2. The quantitative estimate of drug-likeness (QED) is 0.875. The summed E-state index contributed by atoms with van der Waals surface area (Å²) in [7, 11) is 0. The number of amides is 1. The molecule has 0 unspecified atom stereocenters. The Morgan fingerprint density at radius 1 is 1.14 bits per heavy atom. The SMILES string of the molecule is O=C(c1ccc(F)c(F)c1)N1CCCc2cccc(O)c21. The largest absolute Gasteiger partial charge is 0.506 e. The Morgan fingerprint density at radius 2 is 1.95 bits per heavy atom. The number of hydrogen-bond acceptors (Lipinski definition) is 2. The molecular weight excluding hydrogens is 276 g/mol. The van der Waals surface area contributed by atoms with Crippen LogP contribution >= 0.6 is 0 Å². The molecule has 1 N–H and O–H groups in total. The Labute approximate surface area is 120 Å². The van der Waals surface area contributed by atoms with E-state index in [1.807, 2.05) is 6.07 Å². The van der Waals surface area contributed by atoms with Crippen LogP contribution < -0.4 is 4.90 Å². The summed E-state index contributed by atoms with van der Waals surface area (Å²) in [5.74, 6) is -2.48. The maximum absolute atomic E-state index is 13.3. The first kappa shape index (κ1) is 13.5. The number of phenols is 1. The van der Waals surface area contributed by atoms with Gasteiger partial charge in [-0.15, -0.1) is 0 Å². The van der Waals surface area contributed by atoms with Crippen LogP contribution in [0.5, 0.6) is 5.75 Å². The molecule has 0 aliphatic carbocycles. The number of carbonyl (C=O) groups is 1. The summed E-state index contributed by atoms with van der Waals surface area (Å²) in [4.78, 5) is 13.9. The highest BCUT2D eigenvalue weighted by Crippen LogP contribution is 2.36. The molecule has 0 bridgehead atoms. The zero-order valence-corrected chi connectivity index (χ0v) is 11.1. The van der Waals surface area contributed by atoms with E-state index in [2.05, 4.69) is 0 Å². The van der Waals surface area contributed by atoms with Gasteiger partial charge in [0.15, 0.2) is 11.6 Å². The van der Waals surface area contributed by atoms with E-state index in [-0.39, 0.29) is 11.3 Å². The summed E-state index contributed by atoms with van der Waals surface area (Å²) < 4.78 is 26.3. The molecule has 0 spiro atoms. The summed E-state index contributed by atoms with van der Waals surface area (Å²) >= 11 is 0. The van der Waals surface area contributed by atoms with Crippen molar-refractivity contribution < 1.29 is 18.7 Å². The lowest BCUT2D eigenvalue weighted by atomic mass is 10.00. The van der Waals surface area contributed by atoms with Crippen LogP contribution in [0.2, 0.25) is 0 Å². The molecule has 0 fully saturated rings. The van der Waals surface area contributed by atoms with Gasteiger partial charge >= 0.3 is 0 Å². The maximum atomic E-state index is 13.3. The van der Waals surface area contributed by atoms with Crippen LogP contribution in [0.25, 0.3) is 0 Å². The summed E-state index contributed by atoms with van der Waals surface area (Å²) in [5, 5.41) is 9.99. The van der Waals surface area contributed by atoms with Crippen molar-refractivity contribution in [2.75, 3.05) is 11.4 Å². The van der Waals surface area contributed by atoms with Crippen molar-refractivity contribution in [3.05, 3.63) is 59.2 Å². The lowest BCUT2D eigenvalue weighted by Gasteiger charge is -2.30. The molecule has 2 aromatic rings. The topological polar surface area (TPSA) is 40.5 Å². The maximum Gasteiger partial charge on any atom is 0.258 e. The van der Waals surface area contributed by atoms with E-state index in [9.17, 15) is 18.7 Å². The number of aryl methyl sites for hydroxylation is 1. The second-order valence-corrected chi connectivity index (χ2v) is 4.97. The number of para-hydroxylation sites is 1. The van der Waals surface area contributed by atoms with E-state index < -0.39 is 17.5 Å². The molecule has 0 saturated carbocycles. The third-order valence-electron chi connectivity index (χ3n) is 3.61. The van der Waals surface area contributed by atoms with Crippen LogP contribution in [0.4, 0.5) is 14.5 Å². The minimum atomic E-state index is -1.06. The van der Waals surface area contributed by atoms with Crippen LogP contribution in [0.15, 0.2) is 36.4 Å². The average Bonchev–Trinajstić information content (AvgIpc) is 2.49. The normalized spacial score (nSPS) is 13.9. The van der Waals surface area contributed by atoms with Gasteiger partial charge in [-0.25, -0.2) is 8.78 Å². The van der Waals surface area contributed by atoms with Gasteiger partial charge in [0.05, 0.1) is 5.69 Å². The minimum Gasteiger partial charge on any atom is -0.506 e. The Morgan fingerprint density at radius 3 is 2.71 bits per heavy atom. The molecule has 1 aliphatic heterocycles. The van der Waals surface area contributed by atoms with Gasteiger partial charge in [0.1, 0.15) is 5.75 Å². The summed E-state index contributed by atoms with van der Waals surface area (Å²) in [6, 6.07) is 8.13. The summed E-state index contributed by atoms with van der Waals surface area (Å²) in [6.07, 6.45) is 1.52. The van der Waals surface area contributed by atoms with Gasteiger partial charge in [-0.05, 0) is 42.7 Å². The van der Waals surface area contributed by atoms with Crippen molar-refractivity contribution >= 4 is 11.6 Å². The van der Waals surface area contributed by atoms with Gasteiger partial charge in [0, 0.05) is 12.1 Å². The smallest absolute Gasteiger partial charge is 0.258 e. The predicted octanol–water partition coefficient (Wildman–Crippen LogP) is 3.26. The third-order valence-corrected chi connectivity index (χ3v) is 3.61. The Balaban J connectivity index is 2.02. The number of anilines is 1. The minimum absolute atomic E-state index is 0.0168. The molecule has 1 amide bonds. The standard InChI is InChI=1S/C16H13F2NO2/c17-12-7-6-11(9-13(12)18)16(21)19-8-2-4-10-3-1-5-14(20)15(10)19/h1,3,5-7,9,20H,2,4,8H2. The van der Waals surface area contributed by atoms with Crippen molar-refractivity contribution in [2.24, 2.45) is 0 Å². The fourth-order valence-corrected chi connectivity index (χ4v) is 2.62. The Hall–Kier alpha value is -2.43. The number of rotatable bonds is 1. The monoisotopic (exact) mass is 289 g/mol. The third kappa shape index (κ3) is 2.35. The first-order valence-electron chi connectivity index (χ1n) is 6.65. The molecule has 1 aliphatic rings. The van der Waals surface area contributed by atoms with Gasteiger partial charge in [0.2, 0.25) is 0 Å². The van der Waals surface area contributed by atoms with E-state index in [1.54, 1.807) is 6.07 Å². The molecule has 3 nitrogen and oxygen atoms in total. The number of carbonyl (C=O) groups excluding carboxylic acids is 1. The van der Waals surface area contributed by atoms with E-state index in [4.69, 9.17) is 0 Å². The van der Waals surface area contributed by atoms with Crippen molar-refractivity contribution in [3.63, 3.8) is 0 Å². The van der Waals surface area contributed by atoms with Gasteiger partial charge in [0.25, 0.3) is 5.91 Å². The van der Waals surface area contributed by atoms with Crippen LogP contribution in [-0.4, -0.2) is 17.6 Å². The number of aromatic hydroxyl groups is 1. The molecule has 108 valence electrons. The van der Waals surface area contributed by atoms with Gasteiger partial charge in [-0.2, -0.15) is 0 Å². The number of nitrogens with zero attached hydrogens (tertiary/aromatic N) is 1. The van der Waals surface area contributed by atoms with E-state index in [0.717, 1.165) is 30.5 Å². The molecule has 21 heavy (non-hydrogen) atoms. The second kappa shape index (κ2) is 5.16. The van der Waals surface area contributed by atoms with Crippen molar-refractivity contribution in [1.82, 2.24) is 0 Å². The van der Waals surface area contributed by atoms with Crippen LogP contribution in [0.1, 0.15) is 22.3 Å². The number of fused-ring (bicyclic) bond motifs is 1. The number of benzene rings is 2. The average molecular weight is 289 g/mol. The summed E-state index contributed by atoms with van der Waals surface area (Å²) in [6.45, 7) is 0.433. The van der Waals surface area contributed by atoms with E-state index in [1.165, 1.54) is 17.0 Å². The first-order valence-corrected chi connectivity index (χ1v) is 6.65. The van der Waals surface area contributed by atoms with Crippen LogP contribution in [0, 0.1) is 11.6 Å². The lowest BCUT2D eigenvalue weighted by molar-refractivity contribution is 0.0983. The van der Waals surface area contributed by atoms with Crippen molar-refractivity contribution in [1.29, 1.82) is 0 Å². The molecule has 0 radical (unpaired) electrons. The van der Waals surface area contributed by atoms with Crippen molar-refractivity contribution in [3.8, 4) is 5.75 Å². The van der Waals surface area contributed by atoms with Gasteiger partial charge in [-0.3, -0.25) is 4.79 Å². The molecule has 0 atom stereocenters. The highest BCUT2D eigenvalue weighted by atomic mass is 19.2. The van der Waals surface area contributed by atoms with Gasteiger partial charge in [-0.1, -0.05) is 12.1 Å². The fraction of sp³-hybridized carbons (Fsp3) is 0.188. The number of hydrogen-bond donors (Lipinski definition) is 1. The Kier molecular flexibility index (Phi) is 3.33. The molecule has 0 aromatic heterocycles. The zero-order valence-electron chi connectivity index (χ0n) is 11.1. The Bertz CT molecular complexity index is 715. The fourth-order valence-electron chi connectivity index (χ4n) is 2.62. The molecule has 0 saturated heterocycles. The highest BCUT2D eigenvalue weighted by molar-refractivity contribution is 6.07. The zero-order chi connectivity index (χ0) is 15.0. The molecule has 3 rings (SSSR count).